The van der Waals surface area contributed by atoms with Crippen LogP contribution in [0, 0.1) is 11.3 Å². The number of para-hydroxylation sites is 1. The number of nitrogens with zero attached hydrogens (tertiary/aromatic N) is 2. The first-order chi connectivity index (χ1) is 10.0. The standard InChI is InChI=1S/C15H18N4O2/c1-10-14(20)17-7-8-19(10)11(2)15(21)18-13-6-4-3-5-12(13)9-16/h3-6,10-11H,7-8H2,1-2H3,(H,17,20)(H,18,21). The Morgan fingerprint density at radius 2 is 2.24 bits per heavy atom. The second-order valence-corrected chi connectivity index (χ2v) is 5.03. The number of amides is 2. The molecular formula is C15H18N4O2. The maximum atomic E-state index is 12.3. The third kappa shape index (κ3) is 3.20. The first-order valence-corrected chi connectivity index (χ1v) is 6.88. The fraction of sp³-hybridized carbons (Fsp3) is 0.400. The maximum absolute atomic E-state index is 12.3. The van der Waals surface area contributed by atoms with Crippen LogP contribution < -0.4 is 10.6 Å². The number of nitrogens with one attached hydrogen (secondary N) is 2. The van der Waals surface area contributed by atoms with Crippen LogP contribution in [-0.4, -0.2) is 41.9 Å². The van der Waals surface area contributed by atoms with E-state index in [1.54, 1.807) is 38.1 Å². The van der Waals surface area contributed by atoms with Crippen LogP contribution in [0.15, 0.2) is 24.3 Å². The minimum atomic E-state index is -0.446. The lowest BCUT2D eigenvalue weighted by atomic mass is 10.1. The van der Waals surface area contributed by atoms with Crippen LogP contribution in [0.2, 0.25) is 0 Å². The first kappa shape index (κ1) is 15.0. The molecule has 0 aromatic heterocycles. The third-order valence-electron chi connectivity index (χ3n) is 3.73. The summed E-state index contributed by atoms with van der Waals surface area (Å²) in [4.78, 5) is 25.9. The van der Waals surface area contributed by atoms with E-state index in [2.05, 4.69) is 10.6 Å². The molecule has 0 radical (unpaired) electrons. The fourth-order valence-electron chi connectivity index (χ4n) is 2.41. The van der Waals surface area contributed by atoms with Crippen molar-refractivity contribution in [1.29, 1.82) is 5.26 Å². The number of benzene rings is 1. The lowest BCUT2D eigenvalue weighted by Gasteiger charge is -2.36. The van der Waals surface area contributed by atoms with Gasteiger partial charge in [-0.05, 0) is 26.0 Å². The van der Waals surface area contributed by atoms with E-state index in [1.165, 1.54) is 0 Å². The van der Waals surface area contributed by atoms with Crippen molar-refractivity contribution in [2.24, 2.45) is 0 Å². The molecule has 6 nitrogen and oxygen atoms in total. The van der Waals surface area contributed by atoms with E-state index in [0.29, 0.717) is 24.3 Å². The van der Waals surface area contributed by atoms with Crippen LogP contribution in [0.5, 0.6) is 0 Å². The van der Waals surface area contributed by atoms with E-state index in [0.717, 1.165) is 0 Å². The van der Waals surface area contributed by atoms with Gasteiger partial charge in [0, 0.05) is 13.1 Å². The molecule has 1 aromatic carbocycles. The van der Waals surface area contributed by atoms with Gasteiger partial charge in [0.15, 0.2) is 0 Å². The minimum Gasteiger partial charge on any atom is -0.353 e. The smallest absolute Gasteiger partial charge is 0.241 e. The molecule has 0 aliphatic carbocycles. The molecule has 2 amide bonds. The number of anilines is 1. The molecule has 2 unspecified atom stereocenters. The summed E-state index contributed by atoms with van der Waals surface area (Å²) in [6.07, 6.45) is 0. The highest BCUT2D eigenvalue weighted by molar-refractivity contribution is 5.96. The highest BCUT2D eigenvalue weighted by Crippen LogP contribution is 2.16. The Kier molecular flexibility index (Phi) is 4.55. The molecule has 1 heterocycles. The second kappa shape index (κ2) is 6.37. The van der Waals surface area contributed by atoms with Gasteiger partial charge in [0.25, 0.3) is 0 Å². The molecular weight excluding hydrogens is 268 g/mol. The SMILES string of the molecule is CC1C(=O)NCCN1C(C)C(=O)Nc1ccccc1C#N. The number of rotatable bonds is 3. The van der Waals surface area contributed by atoms with Crippen molar-refractivity contribution in [3.63, 3.8) is 0 Å². The van der Waals surface area contributed by atoms with Gasteiger partial charge in [0.2, 0.25) is 11.8 Å². The third-order valence-corrected chi connectivity index (χ3v) is 3.73. The van der Waals surface area contributed by atoms with Gasteiger partial charge >= 0.3 is 0 Å². The van der Waals surface area contributed by atoms with E-state index >= 15 is 0 Å². The molecule has 1 aliphatic heterocycles. The highest BCUT2D eigenvalue weighted by atomic mass is 16.2. The number of carbonyl (C=O) groups is 2. The molecule has 2 rings (SSSR count). The predicted molar refractivity (Wildman–Crippen MR) is 78.4 cm³/mol. The predicted octanol–water partition coefficient (Wildman–Crippen LogP) is 0.706. The zero-order chi connectivity index (χ0) is 15.4. The molecule has 0 bridgehead atoms. The summed E-state index contributed by atoms with van der Waals surface area (Å²) in [5, 5.41) is 14.6. The molecule has 6 heteroatoms. The summed E-state index contributed by atoms with van der Waals surface area (Å²) >= 11 is 0. The average Bonchev–Trinajstić information content (AvgIpc) is 2.50. The first-order valence-electron chi connectivity index (χ1n) is 6.88. The quantitative estimate of drug-likeness (QED) is 0.856. The molecule has 110 valence electrons. The van der Waals surface area contributed by atoms with Crippen LogP contribution >= 0.6 is 0 Å². The van der Waals surface area contributed by atoms with Gasteiger partial charge < -0.3 is 10.6 Å². The van der Waals surface area contributed by atoms with Crippen molar-refractivity contribution in [3.05, 3.63) is 29.8 Å². The van der Waals surface area contributed by atoms with Gasteiger partial charge in [0.1, 0.15) is 6.07 Å². The van der Waals surface area contributed by atoms with Gasteiger partial charge in [0.05, 0.1) is 23.3 Å². The van der Waals surface area contributed by atoms with Crippen molar-refractivity contribution < 1.29 is 9.59 Å². The molecule has 0 spiro atoms. The molecule has 0 saturated carbocycles. The second-order valence-electron chi connectivity index (χ2n) is 5.03. The van der Waals surface area contributed by atoms with Crippen LogP contribution in [0.4, 0.5) is 5.69 Å². The largest absolute Gasteiger partial charge is 0.353 e. The average molecular weight is 286 g/mol. The van der Waals surface area contributed by atoms with Gasteiger partial charge in [-0.1, -0.05) is 12.1 Å². The topological polar surface area (TPSA) is 85.2 Å². The van der Waals surface area contributed by atoms with Crippen LogP contribution in [0.25, 0.3) is 0 Å². The van der Waals surface area contributed by atoms with Crippen molar-refractivity contribution in [2.45, 2.75) is 25.9 Å². The molecule has 21 heavy (non-hydrogen) atoms. The van der Waals surface area contributed by atoms with Crippen LogP contribution in [0.3, 0.4) is 0 Å². The van der Waals surface area contributed by atoms with E-state index in [1.807, 2.05) is 11.0 Å². The summed E-state index contributed by atoms with van der Waals surface area (Å²) in [6, 6.07) is 8.10. The Hall–Kier alpha value is -2.39. The molecule has 1 fully saturated rings. The van der Waals surface area contributed by atoms with Crippen LogP contribution in [-0.2, 0) is 9.59 Å². The van der Waals surface area contributed by atoms with Crippen molar-refractivity contribution >= 4 is 17.5 Å². The number of nitriles is 1. The lowest BCUT2D eigenvalue weighted by Crippen LogP contribution is -2.58. The zero-order valence-corrected chi connectivity index (χ0v) is 12.1. The Morgan fingerprint density at radius 3 is 2.95 bits per heavy atom. The zero-order valence-electron chi connectivity index (χ0n) is 12.1. The number of hydrogen-bond donors (Lipinski definition) is 2. The van der Waals surface area contributed by atoms with Gasteiger partial charge in [-0.2, -0.15) is 5.26 Å². The van der Waals surface area contributed by atoms with Crippen LogP contribution in [0.1, 0.15) is 19.4 Å². The van der Waals surface area contributed by atoms with Gasteiger partial charge in [-0.3, -0.25) is 14.5 Å². The normalized spacial score (nSPS) is 20.2. The summed E-state index contributed by atoms with van der Waals surface area (Å²) in [6.45, 7) is 4.71. The highest BCUT2D eigenvalue weighted by Gasteiger charge is 2.32. The summed E-state index contributed by atoms with van der Waals surface area (Å²) in [7, 11) is 0. The Labute approximate surface area is 123 Å². The minimum absolute atomic E-state index is 0.0710. The van der Waals surface area contributed by atoms with Gasteiger partial charge in [-0.15, -0.1) is 0 Å². The molecule has 1 saturated heterocycles. The van der Waals surface area contributed by atoms with Crippen molar-refractivity contribution in [2.75, 3.05) is 18.4 Å². The lowest BCUT2D eigenvalue weighted by molar-refractivity contribution is -0.132. The Morgan fingerprint density at radius 1 is 1.52 bits per heavy atom. The Balaban J connectivity index is 2.09. The van der Waals surface area contributed by atoms with E-state index < -0.39 is 6.04 Å². The molecule has 2 N–H and O–H groups in total. The molecule has 1 aliphatic rings. The number of piperazine rings is 1. The number of hydrogen-bond acceptors (Lipinski definition) is 4. The van der Waals surface area contributed by atoms with Crippen molar-refractivity contribution in [3.8, 4) is 6.07 Å². The molecule has 2 atom stereocenters. The Bertz CT molecular complexity index is 594. The maximum Gasteiger partial charge on any atom is 0.241 e. The van der Waals surface area contributed by atoms with E-state index in [4.69, 9.17) is 5.26 Å². The van der Waals surface area contributed by atoms with Crippen molar-refractivity contribution in [1.82, 2.24) is 10.2 Å². The fourth-order valence-corrected chi connectivity index (χ4v) is 2.41. The van der Waals surface area contributed by atoms with Gasteiger partial charge in [-0.25, -0.2) is 0 Å². The number of carbonyl (C=O) groups excluding carboxylic acids is 2. The molecule has 1 aromatic rings. The van der Waals surface area contributed by atoms with E-state index in [9.17, 15) is 9.59 Å². The summed E-state index contributed by atoms with van der Waals surface area (Å²) < 4.78 is 0. The summed E-state index contributed by atoms with van der Waals surface area (Å²) in [5.41, 5.74) is 0.911. The summed E-state index contributed by atoms with van der Waals surface area (Å²) in [5.74, 6) is -0.294. The monoisotopic (exact) mass is 286 g/mol. The van der Waals surface area contributed by atoms with E-state index in [-0.39, 0.29) is 17.9 Å².